The summed E-state index contributed by atoms with van der Waals surface area (Å²) in [5.41, 5.74) is 0. The van der Waals surface area contributed by atoms with Gasteiger partial charge in [0.25, 0.3) is 0 Å². The van der Waals surface area contributed by atoms with Gasteiger partial charge in [-0.3, -0.25) is 0 Å². The lowest BCUT2D eigenvalue weighted by molar-refractivity contribution is -0.203. The quantitative estimate of drug-likeness (QED) is 0.154. The number of rotatable bonds is 15. The van der Waals surface area contributed by atoms with Gasteiger partial charge < -0.3 is 14.2 Å². The first-order valence-corrected chi connectivity index (χ1v) is 13.2. The van der Waals surface area contributed by atoms with Gasteiger partial charge in [0.15, 0.2) is 12.4 Å². The summed E-state index contributed by atoms with van der Waals surface area (Å²) in [6.07, 6.45) is 22.2. The molecule has 0 spiro atoms. The molecule has 1 heterocycles. The Morgan fingerprint density at radius 3 is 2.68 bits per heavy atom. The molecule has 4 nitrogen and oxygen atoms in total. The van der Waals surface area contributed by atoms with Crippen molar-refractivity contribution in [3.8, 4) is 0 Å². The zero-order valence-electron chi connectivity index (χ0n) is 20.5. The standard InChI is InChI=1S/C27H48O4/c1-4-5-13-22(2)14-11-16-24-18-12-17-23(24)15-7-6-8-19-25(27(28)29-3)31-26-20-9-10-21-30-26/h11,16,22-26H,4-10,12-15,17-21H2,1-3H3/t22?,23-,24-,25?,26?/m0/s1. The van der Waals surface area contributed by atoms with Gasteiger partial charge in [0, 0.05) is 6.61 Å². The van der Waals surface area contributed by atoms with Crippen LogP contribution in [0.5, 0.6) is 0 Å². The maximum atomic E-state index is 12.1. The molecular weight excluding hydrogens is 388 g/mol. The van der Waals surface area contributed by atoms with E-state index in [0.29, 0.717) is 0 Å². The number of allylic oxidation sites excluding steroid dienone is 2. The number of methoxy groups -OCH3 is 1. The van der Waals surface area contributed by atoms with E-state index in [-0.39, 0.29) is 12.3 Å². The molecule has 2 rings (SSSR count). The van der Waals surface area contributed by atoms with E-state index in [1.54, 1.807) is 0 Å². The van der Waals surface area contributed by atoms with Crippen molar-refractivity contribution in [1.82, 2.24) is 0 Å². The Hall–Kier alpha value is -0.870. The molecule has 2 aliphatic rings. The normalized spacial score (nSPS) is 26.2. The Kier molecular flexibility index (Phi) is 13.5. The second-order valence-electron chi connectivity index (χ2n) is 9.85. The van der Waals surface area contributed by atoms with E-state index < -0.39 is 6.10 Å². The highest BCUT2D eigenvalue weighted by atomic mass is 16.7. The van der Waals surface area contributed by atoms with Gasteiger partial charge >= 0.3 is 5.97 Å². The number of hydrogen-bond acceptors (Lipinski definition) is 4. The Balaban J connectivity index is 1.63. The van der Waals surface area contributed by atoms with Gasteiger partial charge in [0.05, 0.1) is 7.11 Å². The molecule has 0 aromatic carbocycles. The second kappa shape index (κ2) is 15.9. The topological polar surface area (TPSA) is 44.8 Å². The Morgan fingerprint density at radius 2 is 1.94 bits per heavy atom. The number of unbranched alkanes of at least 4 members (excludes halogenated alkanes) is 3. The zero-order chi connectivity index (χ0) is 22.3. The molecule has 31 heavy (non-hydrogen) atoms. The van der Waals surface area contributed by atoms with Gasteiger partial charge in [0.2, 0.25) is 0 Å². The van der Waals surface area contributed by atoms with E-state index >= 15 is 0 Å². The van der Waals surface area contributed by atoms with Crippen LogP contribution in [0.25, 0.3) is 0 Å². The van der Waals surface area contributed by atoms with Crippen LogP contribution in [0.1, 0.15) is 110 Å². The monoisotopic (exact) mass is 436 g/mol. The van der Waals surface area contributed by atoms with E-state index in [4.69, 9.17) is 14.2 Å². The predicted octanol–water partition coefficient (Wildman–Crippen LogP) is 7.21. The first-order chi connectivity index (χ1) is 15.1. The van der Waals surface area contributed by atoms with Crippen molar-refractivity contribution in [3.63, 3.8) is 0 Å². The Labute approximate surface area is 191 Å². The first-order valence-electron chi connectivity index (χ1n) is 13.2. The van der Waals surface area contributed by atoms with Crippen molar-refractivity contribution < 1.29 is 19.0 Å². The Bertz CT molecular complexity index is 497. The molecule has 0 amide bonds. The highest BCUT2D eigenvalue weighted by Gasteiger charge is 2.27. The molecule has 1 aliphatic heterocycles. The van der Waals surface area contributed by atoms with Crippen molar-refractivity contribution in [3.05, 3.63) is 12.2 Å². The van der Waals surface area contributed by atoms with Gasteiger partial charge in [-0.15, -0.1) is 0 Å². The van der Waals surface area contributed by atoms with E-state index in [2.05, 4.69) is 26.0 Å². The molecule has 0 N–H and O–H groups in total. The molecule has 4 heteroatoms. The minimum Gasteiger partial charge on any atom is -0.467 e. The number of hydrogen-bond donors (Lipinski definition) is 0. The number of ether oxygens (including phenoxy) is 3. The van der Waals surface area contributed by atoms with Gasteiger partial charge in [-0.1, -0.05) is 70.9 Å². The number of esters is 1. The summed E-state index contributed by atoms with van der Waals surface area (Å²) in [5.74, 6) is 2.20. The van der Waals surface area contributed by atoms with Gasteiger partial charge in [0.1, 0.15) is 0 Å². The molecule has 180 valence electrons. The highest BCUT2D eigenvalue weighted by molar-refractivity contribution is 5.74. The minimum absolute atomic E-state index is 0.242. The molecule has 0 aromatic heterocycles. The van der Waals surface area contributed by atoms with Crippen LogP contribution in [-0.2, 0) is 19.0 Å². The van der Waals surface area contributed by atoms with Crippen molar-refractivity contribution in [2.24, 2.45) is 17.8 Å². The number of carbonyl (C=O) groups excluding carboxylic acids is 1. The molecule has 1 saturated heterocycles. The average Bonchev–Trinajstić information content (AvgIpc) is 3.24. The fraction of sp³-hybridized carbons (Fsp3) is 0.889. The van der Waals surface area contributed by atoms with Crippen LogP contribution in [0, 0.1) is 17.8 Å². The van der Waals surface area contributed by atoms with E-state index in [9.17, 15) is 4.79 Å². The highest BCUT2D eigenvalue weighted by Crippen LogP contribution is 2.36. The minimum atomic E-state index is -0.482. The number of carbonyl (C=O) groups is 1. The zero-order valence-corrected chi connectivity index (χ0v) is 20.5. The first kappa shape index (κ1) is 26.4. The van der Waals surface area contributed by atoms with Crippen LogP contribution in [-0.4, -0.2) is 32.1 Å². The molecular formula is C27H48O4. The molecule has 1 saturated carbocycles. The van der Waals surface area contributed by atoms with Crippen LogP contribution in [0.2, 0.25) is 0 Å². The van der Waals surface area contributed by atoms with Crippen molar-refractivity contribution in [2.75, 3.05) is 13.7 Å². The molecule has 3 unspecified atom stereocenters. The summed E-state index contributed by atoms with van der Waals surface area (Å²) >= 11 is 0. The fourth-order valence-electron chi connectivity index (χ4n) is 5.12. The van der Waals surface area contributed by atoms with Crippen molar-refractivity contribution >= 4 is 5.97 Å². The summed E-state index contributed by atoms with van der Waals surface area (Å²) in [5, 5.41) is 0. The second-order valence-corrected chi connectivity index (χ2v) is 9.85. The third-order valence-electron chi connectivity index (χ3n) is 7.15. The Morgan fingerprint density at radius 1 is 1.06 bits per heavy atom. The van der Waals surface area contributed by atoms with Gasteiger partial charge in [-0.05, 0) is 69.1 Å². The summed E-state index contributed by atoms with van der Waals surface area (Å²) < 4.78 is 16.5. The summed E-state index contributed by atoms with van der Waals surface area (Å²) in [6.45, 7) is 5.39. The lowest BCUT2D eigenvalue weighted by atomic mass is 9.89. The summed E-state index contributed by atoms with van der Waals surface area (Å²) in [4.78, 5) is 12.1. The van der Waals surface area contributed by atoms with E-state index in [1.807, 2.05) is 0 Å². The maximum Gasteiger partial charge on any atom is 0.335 e. The third kappa shape index (κ3) is 10.5. The van der Waals surface area contributed by atoms with Crippen LogP contribution in [0.15, 0.2) is 12.2 Å². The molecule has 0 aromatic rings. The fourth-order valence-corrected chi connectivity index (χ4v) is 5.12. The van der Waals surface area contributed by atoms with Crippen LogP contribution >= 0.6 is 0 Å². The van der Waals surface area contributed by atoms with Crippen molar-refractivity contribution in [1.29, 1.82) is 0 Å². The smallest absolute Gasteiger partial charge is 0.335 e. The predicted molar refractivity (Wildman–Crippen MR) is 127 cm³/mol. The summed E-state index contributed by atoms with van der Waals surface area (Å²) in [6, 6.07) is 0. The van der Waals surface area contributed by atoms with Crippen molar-refractivity contribution in [2.45, 2.75) is 123 Å². The molecule has 0 radical (unpaired) electrons. The molecule has 0 bridgehead atoms. The van der Waals surface area contributed by atoms with Crippen LogP contribution in [0.4, 0.5) is 0 Å². The van der Waals surface area contributed by atoms with Crippen LogP contribution in [0.3, 0.4) is 0 Å². The molecule has 1 aliphatic carbocycles. The SMILES string of the molecule is CCCCC(C)CC=C[C@H]1CCC[C@@H]1CCCCCC(OC1CCCCO1)C(=O)OC. The lowest BCUT2D eigenvalue weighted by Gasteiger charge is -2.26. The van der Waals surface area contributed by atoms with Crippen LogP contribution < -0.4 is 0 Å². The van der Waals surface area contributed by atoms with E-state index in [1.165, 1.54) is 64.9 Å². The average molecular weight is 437 g/mol. The maximum absolute atomic E-state index is 12.1. The third-order valence-corrected chi connectivity index (χ3v) is 7.15. The summed E-state index contributed by atoms with van der Waals surface area (Å²) in [7, 11) is 1.44. The molecule has 5 atom stereocenters. The molecule has 2 fully saturated rings. The van der Waals surface area contributed by atoms with Gasteiger partial charge in [-0.25, -0.2) is 4.79 Å². The largest absolute Gasteiger partial charge is 0.467 e. The van der Waals surface area contributed by atoms with E-state index in [0.717, 1.165) is 62.9 Å². The lowest BCUT2D eigenvalue weighted by Crippen LogP contribution is -2.33. The van der Waals surface area contributed by atoms with Gasteiger partial charge in [-0.2, -0.15) is 0 Å².